The van der Waals surface area contributed by atoms with Crippen molar-refractivity contribution in [3.05, 3.63) is 66.0 Å². The molecule has 0 heterocycles. The van der Waals surface area contributed by atoms with Gasteiger partial charge in [-0.05, 0) is 17.7 Å². The van der Waals surface area contributed by atoms with Crippen molar-refractivity contribution < 1.29 is 4.39 Å². The molecule has 0 aromatic heterocycles. The summed E-state index contributed by atoms with van der Waals surface area (Å²) in [4.78, 5) is 0.585. The molecule has 0 spiro atoms. The first-order valence-electron chi connectivity index (χ1n) is 5.64. The van der Waals surface area contributed by atoms with Gasteiger partial charge in [-0.15, -0.1) is 11.8 Å². The van der Waals surface area contributed by atoms with E-state index in [0.717, 1.165) is 5.56 Å². The third-order valence-corrected chi connectivity index (χ3v) is 3.86. The summed E-state index contributed by atoms with van der Waals surface area (Å²) < 4.78 is 13.6. The summed E-state index contributed by atoms with van der Waals surface area (Å²) in [5.41, 5.74) is 1.05. The summed E-state index contributed by atoms with van der Waals surface area (Å²) in [6.07, 6.45) is 0.364. The lowest BCUT2D eigenvalue weighted by atomic mass is 10.1. The lowest BCUT2D eigenvalue weighted by Gasteiger charge is -2.14. The van der Waals surface area contributed by atoms with E-state index in [1.54, 1.807) is 18.2 Å². The Kier molecular flexibility index (Phi) is 4.38. The largest absolute Gasteiger partial charge is 0.206 e. The van der Waals surface area contributed by atoms with Crippen LogP contribution >= 0.6 is 11.8 Å². The molecule has 0 aliphatic carbocycles. The van der Waals surface area contributed by atoms with Crippen molar-refractivity contribution in [1.29, 1.82) is 5.26 Å². The zero-order valence-electron chi connectivity index (χ0n) is 9.71. The molecule has 2 rings (SSSR count). The zero-order chi connectivity index (χ0) is 12.8. The van der Waals surface area contributed by atoms with Crippen LogP contribution in [0.3, 0.4) is 0 Å². The van der Waals surface area contributed by atoms with Gasteiger partial charge in [-0.3, -0.25) is 0 Å². The standard InChI is InChI=1S/C15H12FNS/c16-13-8-4-5-9-15(13)18-14(10-11-17)12-6-2-1-3-7-12/h1-9,14H,10H2. The Balaban J connectivity index is 2.23. The van der Waals surface area contributed by atoms with Gasteiger partial charge in [0.1, 0.15) is 5.82 Å². The maximum Gasteiger partial charge on any atom is 0.136 e. The fourth-order valence-electron chi connectivity index (χ4n) is 1.67. The summed E-state index contributed by atoms with van der Waals surface area (Å²) in [5, 5.41) is 8.85. The van der Waals surface area contributed by atoms with Gasteiger partial charge in [0, 0.05) is 10.1 Å². The molecule has 0 saturated carbocycles. The van der Waals surface area contributed by atoms with Crippen molar-refractivity contribution in [2.75, 3.05) is 0 Å². The Labute approximate surface area is 110 Å². The Morgan fingerprint density at radius 1 is 1.06 bits per heavy atom. The Bertz CT molecular complexity index is 548. The minimum absolute atomic E-state index is 0.0342. The lowest BCUT2D eigenvalue weighted by molar-refractivity contribution is 0.601. The van der Waals surface area contributed by atoms with Crippen LogP contribution in [-0.2, 0) is 0 Å². The topological polar surface area (TPSA) is 23.8 Å². The normalized spacial score (nSPS) is 11.8. The molecular weight excluding hydrogens is 245 g/mol. The number of hydrogen-bond donors (Lipinski definition) is 0. The van der Waals surface area contributed by atoms with E-state index in [0.29, 0.717) is 11.3 Å². The van der Waals surface area contributed by atoms with Gasteiger partial charge < -0.3 is 0 Å². The van der Waals surface area contributed by atoms with Crippen LogP contribution in [0.15, 0.2) is 59.5 Å². The smallest absolute Gasteiger partial charge is 0.136 e. The SMILES string of the molecule is N#CCC(Sc1ccccc1F)c1ccccc1. The zero-order valence-corrected chi connectivity index (χ0v) is 10.5. The highest BCUT2D eigenvalue weighted by Crippen LogP contribution is 2.38. The van der Waals surface area contributed by atoms with E-state index < -0.39 is 0 Å². The maximum absolute atomic E-state index is 13.6. The first-order valence-corrected chi connectivity index (χ1v) is 6.52. The molecule has 0 aliphatic rings. The van der Waals surface area contributed by atoms with Crippen LogP contribution in [-0.4, -0.2) is 0 Å². The van der Waals surface area contributed by atoms with Gasteiger partial charge >= 0.3 is 0 Å². The molecule has 90 valence electrons. The fourth-order valence-corrected chi connectivity index (χ4v) is 2.77. The molecule has 0 bridgehead atoms. The second-order valence-corrected chi connectivity index (χ2v) is 5.05. The van der Waals surface area contributed by atoms with Crippen LogP contribution in [0.4, 0.5) is 4.39 Å². The summed E-state index contributed by atoms with van der Waals surface area (Å²) in [6, 6.07) is 18.6. The Hall–Kier alpha value is -1.79. The van der Waals surface area contributed by atoms with Crippen LogP contribution < -0.4 is 0 Å². The highest BCUT2D eigenvalue weighted by atomic mass is 32.2. The number of rotatable bonds is 4. The van der Waals surface area contributed by atoms with Gasteiger partial charge in [-0.1, -0.05) is 42.5 Å². The van der Waals surface area contributed by atoms with Crippen molar-refractivity contribution >= 4 is 11.8 Å². The summed E-state index contributed by atoms with van der Waals surface area (Å²) in [6.45, 7) is 0. The quantitative estimate of drug-likeness (QED) is 0.749. The van der Waals surface area contributed by atoms with Gasteiger partial charge in [0.15, 0.2) is 0 Å². The fraction of sp³-hybridized carbons (Fsp3) is 0.133. The predicted octanol–water partition coefficient (Wildman–Crippen LogP) is 4.57. The molecule has 1 unspecified atom stereocenters. The van der Waals surface area contributed by atoms with Crippen molar-refractivity contribution in [1.82, 2.24) is 0 Å². The molecule has 3 heteroatoms. The first-order chi connectivity index (χ1) is 8.81. The molecule has 1 atom stereocenters. The average molecular weight is 257 g/mol. The molecule has 0 fully saturated rings. The molecule has 2 aromatic carbocycles. The van der Waals surface area contributed by atoms with Crippen molar-refractivity contribution in [3.63, 3.8) is 0 Å². The van der Waals surface area contributed by atoms with Crippen LogP contribution in [0, 0.1) is 17.1 Å². The van der Waals surface area contributed by atoms with Crippen LogP contribution in [0.25, 0.3) is 0 Å². The molecule has 0 amide bonds. The van der Waals surface area contributed by atoms with Gasteiger partial charge in [0.25, 0.3) is 0 Å². The first kappa shape index (κ1) is 12.7. The van der Waals surface area contributed by atoms with Gasteiger partial charge in [-0.2, -0.15) is 5.26 Å². The van der Waals surface area contributed by atoms with E-state index in [9.17, 15) is 4.39 Å². The van der Waals surface area contributed by atoms with E-state index in [1.807, 2.05) is 30.3 Å². The molecule has 0 aliphatic heterocycles. The van der Waals surface area contributed by atoms with Gasteiger partial charge in [-0.25, -0.2) is 4.39 Å². The minimum atomic E-state index is -0.235. The van der Waals surface area contributed by atoms with Crippen molar-refractivity contribution in [2.24, 2.45) is 0 Å². The molecule has 0 N–H and O–H groups in total. The molecule has 0 saturated heterocycles. The monoisotopic (exact) mass is 257 g/mol. The lowest BCUT2D eigenvalue weighted by Crippen LogP contribution is -1.93. The maximum atomic E-state index is 13.6. The number of nitriles is 1. The Morgan fingerprint density at radius 3 is 2.39 bits per heavy atom. The van der Waals surface area contributed by atoms with Gasteiger partial charge in [0.2, 0.25) is 0 Å². The molecular formula is C15H12FNS. The van der Waals surface area contributed by atoms with Crippen LogP contribution in [0.5, 0.6) is 0 Å². The highest BCUT2D eigenvalue weighted by Gasteiger charge is 2.14. The molecule has 2 aromatic rings. The second kappa shape index (κ2) is 6.23. The summed E-state index contributed by atoms with van der Waals surface area (Å²) in [7, 11) is 0. The minimum Gasteiger partial charge on any atom is -0.206 e. The third-order valence-electron chi connectivity index (χ3n) is 2.55. The second-order valence-electron chi connectivity index (χ2n) is 3.81. The third kappa shape index (κ3) is 3.12. The summed E-state index contributed by atoms with van der Waals surface area (Å²) >= 11 is 1.40. The number of hydrogen-bond acceptors (Lipinski definition) is 2. The molecule has 18 heavy (non-hydrogen) atoms. The van der Waals surface area contributed by atoms with Crippen LogP contribution in [0.2, 0.25) is 0 Å². The van der Waals surface area contributed by atoms with Gasteiger partial charge in [0.05, 0.1) is 12.5 Å². The number of thioether (sulfide) groups is 1. The molecule has 0 radical (unpaired) electrons. The van der Waals surface area contributed by atoms with Crippen molar-refractivity contribution in [3.8, 4) is 6.07 Å². The van der Waals surface area contributed by atoms with E-state index in [1.165, 1.54) is 17.8 Å². The molecule has 1 nitrogen and oxygen atoms in total. The van der Waals surface area contributed by atoms with Crippen LogP contribution in [0.1, 0.15) is 17.2 Å². The number of benzene rings is 2. The number of nitrogens with zero attached hydrogens (tertiary/aromatic N) is 1. The average Bonchev–Trinajstić information content (AvgIpc) is 2.42. The predicted molar refractivity (Wildman–Crippen MR) is 71.7 cm³/mol. The summed E-state index contributed by atoms with van der Waals surface area (Å²) in [5.74, 6) is -0.235. The number of halogens is 1. The van der Waals surface area contributed by atoms with E-state index >= 15 is 0 Å². The van der Waals surface area contributed by atoms with E-state index in [2.05, 4.69) is 6.07 Å². The van der Waals surface area contributed by atoms with E-state index in [-0.39, 0.29) is 11.1 Å². The van der Waals surface area contributed by atoms with E-state index in [4.69, 9.17) is 5.26 Å². The Morgan fingerprint density at radius 2 is 1.72 bits per heavy atom. The van der Waals surface area contributed by atoms with Crippen molar-refractivity contribution in [2.45, 2.75) is 16.6 Å². The highest BCUT2D eigenvalue weighted by molar-refractivity contribution is 7.99.